The first-order chi connectivity index (χ1) is 7.50. The van der Waals surface area contributed by atoms with Crippen LogP contribution in [0.2, 0.25) is 58.9 Å². The summed E-state index contributed by atoms with van der Waals surface area (Å²) in [6.45, 7) is 20.0. The third kappa shape index (κ3) is 6.10. The summed E-state index contributed by atoms with van der Waals surface area (Å²) in [5, 5.41) is 0. The van der Waals surface area contributed by atoms with Crippen LogP contribution >= 0.6 is 0 Å². The molecule has 101 valence electrons. The molecule has 17 heavy (non-hydrogen) atoms. The Kier molecular flexibility index (Phi) is 7.33. The molecule has 3 nitrogen and oxygen atoms in total. The molecule has 0 bridgehead atoms. The van der Waals surface area contributed by atoms with E-state index in [9.17, 15) is 0 Å². The summed E-state index contributed by atoms with van der Waals surface area (Å²) in [4.78, 5) is 0. The Morgan fingerprint density at radius 1 is 0.588 bits per heavy atom. The summed E-state index contributed by atoms with van der Waals surface area (Å²) in [6.07, 6.45) is 0. The van der Waals surface area contributed by atoms with Crippen LogP contribution in [-0.2, 0) is 12.3 Å². The van der Waals surface area contributed by atoms with E-state index >= 15 is 0 Å². The van der Waals surface area contributed by atoms with E-state index in [2.05, 4.69) is 58.9 Å². The molecule has 0 saturated carbocycles. The van der Waals surface area contributed by atoms with Gasteiger partial charge in [0.1, 0.15) is 7.59 Å². The Bertz CT molecular complexity index is 201. The van der Waals surface area contributed by atoms with Gasteiger partial charge in [-0.15, -0.1) is 0 Å². The molecule has 0 aromatic heterocycles. The molecule has 0 N–H and O–H groups in total. The average molecular weight is 324 g/mol. The minimum atomic E-state index is -2.41. The van der Waals surface area contributed by atoms with Crippen LogP contribution in [0.1, 0.15) is 0 Å². The molecule has 0 aliphatic heterocycles. The number of rotatable bonds is 7. The highest BCUT2D eigenvalue weighted by atomic mass is 29.3. The molecule has 0 aliphatic carbocycles. The zero-order chi connectivity index (χ0) is 13.9. The molecule has 0 aliphatic rings. The van der Waals surface area contributed by atoms with Crippen molar-refractivity contribution in [3.05, 3.63) is 0 Å². The zero-order valence-electron chi connectivity index (χ0n) is 12.7. The van der Waals surface area contributed by atoms with E-state index in [0.29, 0.717) is 0 Å². The van der Waals surface area contributed by atoms with Gasteiger partial charge in [0.15, 0.2) is 27.1 Å². The van der Waals surface area contributed by atoms with Crippen molar-refractivity contribution in [2.24, 2.45) is 0 Å². The third-order valence-electron chi connectivity index (χ3n) is 1.93. The monoisotopic (exact) mass is 323 g/mol. The van der Waals surface area contributed by atoms with Crippen LogP contribution in [0.4, 0.5) is 0 Å². The van der Waals surface area contributed by atoms with Gasteiger partial charge >= 0.3 is 8.32 Å². The lowest BCUT2D eigenvalue weighted by Crippen LogP contribution is -2.68. The third-order valence-corrected chi connectivity index (χ3v) is 20.2. The van der Waals surface area contributed by atoms with Crippen LogP contribution in [-0.4, -0.2) is 43.0 Å². The van der Waals surface area contributed by atoms with Gasteiger partial charge in [-0.2, -0.15) is 0 Å². The van der Waals surface area contributed by atoms with Crippen LogP contribution in [0.15, 0.2) is 0 Å². The number of hydrogen-bond acceptors (Lipinski definition) is 3. The molecule has 0 spiro atoms. The first-order valence-electron chi connectivity index (χ1n) is 5.97. The van der Waals surface area contributed by atoms with Crippen LogP contribution in [0.5, 0.6) is 0 Å². The highest BCUT2D eigenvalue weighted by Crippen LogP contribution is 2.26. The van der Waals surface area contributed by atoms with Crippen molar-refractivity contribution in [3.8, 4) is 0 Å². The molecule has 8 heteroatoms. The van der Waals surface area contributed by atoms with E-state index in [1.807, 2.05) is 0 Å². The van der Waals surface area contributed by atoms with Crippen LogP contribution in [0.25, 0.3) is 0 Å². The van der Waals surface area contributed by atoms with Crippen molar-refractivity contribution in [2.45, 2.75) is 58.9 Å². The van der Waals surface area contributed by atoms with Gasteiger partial charge in [0.2, 0.25) is 0 Å². The minimum absolute atomic E-state index is 0.784. The molecule has 0 fully saturated rings. The standard InChI is InChI=1S/C9H27O3Si5/c1-13(2)10-17(11-14(3)4,12-15(5)6)16(7,8)9/h1-9H3. The van der Waals surface area contributed by atoms with Crippen molar-refractivity contribution in [3.63, 3.8) is 0 Å². The SMILES string of the molecule is C[Si](C)O[Si](O[Si](C)C)(O[Si](C)C)[Si](C)(C)C. The lowest BCUT2D eigenvalue weighted by Gasteiger charge is -2.42. The predicted octanol–water partition coefficient (Wildman–Crippen LogP) is 3.15. The van der Waals surface area contributed by atoms with Crippen molar-refractivity contribution in [2.75, 3.05) is 0 Å². The van der Waals surface area contributed by atoms with Crippen molar-refractivity contribution >= 4 is 43.0 Å². The molecule has 0 aromatic carbocycles. The fourth-order valence-electron chi connectivity index (χ4n) is 1.33. The van der Waals surface area contributed by atoms with Crippen molar-refractivity contribution in [1.82, 2.24) is 0 Å². The van der Waals surface area contributed by atoms with E-state index in [1.165, 1.54) is 0 Å². The van der Waals surface area contributed by atoms with Gasteiger partial charge in [-0.1, -0.05) is 19.6 Å². The molecule has 0 amide bonds. The van der Waals surface area contributed by atoms with Gasteiger partial charge in [0.25, 0.3) is 0 Å². The molecular weight excluding hydrogens is 297 g/mol. The molecule has 0 saturated heterocycles. The molecular formula is C9H27O3Si5. The van der Waals surface area contributed by atoms with E-state index in [-0.39, 0.29) is 0 Å². The van der Waals surface area contributed by atoms with Crippen molar-refractivity contribution in [1.29, 1.82) is 0 Å². The number of hydrogen-bond donors (Lipinski definition) is 0. The van der Waals surface area contributed by atoms with E-state index < -0.39 is 43.0 Å². The average Bonchev–Trinajstić information content (AvgIpc) is 1.96. The van der Waals surface area contributed by atoms with Gasteiger partial charge in [0.05, 0.1) is 0 Å². The van der Waals surface area contributed by atoms with E-state index in [4.69, 9.17) is 12.3 Å². The summed E-state index contributed by atoms with van der Waals surface area (Å²) in [5.41, 5.74) is 0. The fourth-order valence-corrected chi connectivity index (χ4v) is 26.9. The second-order valence-corrected chi connectivity index (χ2v) is 25.7. The van der Waals surface area contributed by atoms with Gasteiger partial charge in [-0.3, -0.25) is 0 Å². The Balaban J connectivity index is 5.20. The van der Waals surface area contributed by atoms with Gasteiger partial charge < -0.3 is 12.3 Å². The summed E-state index contributed by atoms with van der Waals surface area (Å²) in [7, 11) is -6.34. The van der Waals surface area contributed by atoms with E-state index in [0.717, 1.165) is 0 Å². The summed E-state index contributed by atoms with van der Waals surface area (Å²) in [5.74, 6) is 0. The summed E-state index contributed by atoms with van der Waals surface area (Å²) >= 11 is 0. The first kappa shape index (κ1) is 18.0. The van der Waals surface area contributed by atoms with Gasteiger partial charge in [0, 0.05) is 0 Å². The van der Waals surface area contributed by atoms with Gasteiger partial charge in [-0.05, 0) is 39.3 Å². The van der Waals surface area contributed by atoms with Crippen molar-refractivity contribution < 1.29 is 12.3 Å². The smallest absolute Gasteiger partial charge is 0.419 e. The van der Waals surface area contributed by atoms with Crippen LogP contribution < -0.4 is 0 Å². The molecule has 0 aromatic rings. The highest BCUT2D eigenvalue weighted by molar-refractivity contribution is 7.36. The summed E-state index contributed by atoms with van der Waals surface area (Å²) < 4.78 is 19.0. The maximum atomic E-state index is 6.33. The normalized spacial score (nSPS) is 14.1. The Morgan fingerprint density at radius 2 is 0.824 bits per heavy atom. The first-order valence-corrected chi connectivity index (χ1v) is 19.4. The molecule has 0 rings (SSSR count). The lowest BCUT2D eigenvalue weighted by molar-refractivity contribution is 0.296. The Morgan fingerprint density at radius 3 is 0.941 bits per heavy atom. The van der Waals surface area contributed by atoms with Crippen LogP contribution in [0.3, 0.4) is 0 Å². The quantitative estimate of drug-likeness (QED) is 0.674. The molecule has 3 radical (unpaired) electrons. The largest absolute Gasteiger partial charge is 0.438 e. The second kappa shape index (κ2) is 6.94. The maximum Gasteiger partial charge on any atom is 0.438 e. The fraction of sp³-hybridized carbons (Fsp3) is 1.00. The molecule has 0 atom stereocenters. The molecule has 0 heterocycles. The van der Waals surface area contributed by atoms with Crippen LogP contribution in [0, 0.1) is 0 Å². The van der Waals surface area contributed by atoms with E-state index in [1.54, 1.807) is 0 Å². The molecule has 0 unspecified atom stereocenters. The Labute approximate surface area is 114 Å². The lowest BCUT2D eigenvalue weighted by atomic mass is 11.8. The predicted molar refractivity (Wildman–Crippen MR) is 84.8 cm³/mol. The minimum Gasteiger partial charge on any atom is -0.419 e. The maximum absolute atomic E-state index is 6.33. The zero-order valence-corrected chi connectivity index (χ0v) is 17.7. The highest BCUT2D eigenvalue weighted by Gasteiger charge is 2.54. The Hall–Kier alpha value is 0.964. The summed E-state index contributed by atoms with van der Waals surface area (Å²) in [6, 6.07) is 0. The van der Waals surface area contributed by atoms with Gasteiger partial charge in [-0.25, -0.2) is 0 Å². The topological polar surface area (TPSA) is 27.7 Å². The second-order valence-electron chi connectivity index (χ2n) is 5.84.